The molecule has 96 valence electrons. The van der Waals surface area contributed by atoms with Crippen molar-refractivity contribution in [3.8, 4) is 0 Å². The minimum absolute atomic E-state index is 0.0730. The van der Waals surface area contributed by atoms with E-state index in [0.29, 0.717) is 0 Å². The van der Waals surface area contributed by atoms with Gasteiger partial charge in [-0.25, -0.2) is 0 Å². The zero-order chi connectivity index (χ0) is 13.1. The van der Waals surface area contributed by atoms with Gasteiger partial charge in [0.1, 0.15) is 4.75 Å². The Morgan fingerprint density at radius 1 is 1.65 bits per heavy atom. The Kier molecular flexibility index (Phi) is 5.73. The van der Waals surface area contributed by atoms with Crippen molar-refractivity contribution in [3.63, 3.8) is 0 Å². The van der Waals surface area contributed by atoms with Gasteiger partial charge in [0.05, 0.1) is 6.04 Å². The minimum Gasteiger partial charge on any atom is -0.598 e. The summed E-state index contributed by atoms with van der Waals surface area (Å²) in [7, 11) is 0. The third-order valence-electron chi connectivity index (χ3n) is 2.14. The van der Waals surface area contributed by atoms with Gasteiger partial charge in [0, 0.05) is 26.1 Å². The predicted octanol–water partition coefficient (Wildman–Crippen LogP) is 4.18. The van der Waals surface area contributed by atoms with Crippen molar-refractivity contribution in [2.75, 3.05) is 0 Å². The molecule has 1 aromatic rings. The molecule has 17 heavy (non-hydrogen) atoms. The highest BCUT2D eigenvalue weighted by Crippen LogP contribution is 2.29. The summed E-state index contributed by atoms with van der Waals surface area (Å²) in [4.78, 5) is 1.18. The first-order valence-electron chi connectivity index (χ1n) is 5.37. The zero-order valence-electron chi connectivity index (χ0n) is 10.3. The van der Waals surface area contributed by atoms with E-state index in [4.69, 9.17) is 0 Å². The van der Waals surface area contributed by atoms with E-state index >= 15 is 0 Å². The van der Waals surface area contributed by atoms with E-state index in [1.807, 2.05) is 32.2 Å². The van der Waals surface area contributed by atoms with E-state index in [9.17, 15) is 4.55 Å². The molecular weight excluding hydrogens is 318 g/mol. The highest BCUT2D eigenvalue weighted by Gasteiger charge is 2.29. The molecule has 0 aromatic carbocycles. The maximum Gasteiger partial charge on any atom is 0.136 e. The molecule has 1 unspecified atom stereocenters. The minimum atomic E-state index is -1.07. The molecule has 0 aliphatic heterocycles. The molecule has 0 spiro atoms. The maximum atomic E-state index is 12.1. The van der Waals surface area contributed by atoms with Gasteiger partial charge in [0.2, 0.25) is 0 Å². The van der Waals surface area contributed by atoms with Crippen molar-refractivity contribution < 1.29 is 4.55 Å². The van der Waals surface area contributed by atoms with Crippen LogP contribution in [0, 0.1) is 0 Å². The lowest BCUT2D eigenvalue weighted by atomic mass is 10.2. The summed E-state index contributed by atoms with van der Waals surface area (Å²) in [6.45, 7) is 9.65. The molecule has 0 aliphatic carbocycles. The van der Waals surface area contributed by atoms with Crippen molar-refractivity contribution >= 4 is 38.6 Å². The molecule has 2 atom stereocenters. The van der Waals surface area contributed by atoms with Gasteiger partial charge in [0.25, 0.3) is 0 Å². The van der Waals surface area contributed by atoms with Gasteiger partial charge in [-0.1, -0.05) is 6.08 Å². The third-order valence-corrected chi connectivity index (χ3v) is 5.56. The van der Waals surface area contributed by atoms with E-state index in [1.165, 1.54) is 4.88 Å². The van der Waals surface area contributed by atoms with Crippen molar-refractivity contribution in [2.24, 2.45) is 0 Å². The van der Waals surface area contributed by atoms with Gasteiger partial charge < -0.3 is 4.55 Å². The summed E-state index contributed by atoms with van der Waals surface area (Å²) in [6.07, 6.45) is 2.62. The quantitative estimate of drug-likeness (QED) is 0.647. The Bertz CT molecular complexity index is 373. The second-order valence-electron chi connectivity index (χ2n) is 4.74. The number of rotatable bonds is 5. The molecular formula is C12H18BrNOS2. The summed E-state index contributed by atoms with van der Waals surface area (Å²) in [5.41, 5.74) is 0. The first kappa shape index (κ1) is 15.2. The first-order chi connectivity index (χ1) is 7.84. The lowest BCUT2D eigenvalue weighted by molar-refractivity contribution is 0.526. The molecule has 0 bridgehead atoms. The van der Waals surface area contributed by atoms with Crippen LogP contribution in [0.2, 0.25) is 0 Å². The Morgan fingerprint density at radius 2 is 2.29 bits per heavy atom. The van der Waals surface area contributed by atoms with Crippen LogP contribution in [0.25, 0.3) is 0 Å². The van der Waals surface area contributed by atoms with E-state index in [0.717, 1.165) is 10.9 Å². The average molecular weight is 336 g/mol. The van der Waals surface area contributed by atoms with Crippen molar-refractivity contribution in [1.29, 1.82) is 0 Å². The molecule has 1 rings (SSSR count). The Morgan fingerprint density at radius 3 is 2.71 bits per heavy atom. The first-order valence-corrected chi connectivity index (χ1v) is 8.19. The number of hydrogen-bond acceptors (Lipinski definition) is 3. The molecule has 0 saturated heterocycles. The molecule has 0 amide bonds. The molecule has 0 fully saturated rings. The van der Waals surface area contributed by atoms with Gasteiger partial charge in [-0.3, -0.25) is 0 Å². The van der Waals surface area contributed by atoms with Crippen LogP contribution in [0.3, 0.4) is 0 Å². The van der Waals surface area contributed by atoms with E-state index in [-0.39, 0.29) is 10.8 Å². The van der Waals surface area contributed by atoms with Crippen molar-refractivity contribution in [1.82, 2.24) is 4.72 Å². The van der Waals surface area contributed by atoms with Crippen molar-refractivity contribution in [2.45, 2.75) is 38.0 Å². The van der Waals surface area contributed by atoms with Crippen LogP contribution in [-0.4, -0.2) is 9.30 Å². The molecule has 1 N–H and O–H groups in total. The fourth-order valence-electron chi connectivity index (χ4n) is 1.21. The smallest absolute Gasteiger partial charge is 0.136 e. The van der Waals surface area contributed by atoms with Gasteiger partial charge in [-0.05, 0) is 49.2 Å². The van der Waals surface area contributed by atoms with Crippen LogP contribution >= 0.6 is 27.3 Å². The van der Waals surface area contributed by atoms with Gasteiger partial charge in [0.15, 0.2) is 0 Å². The SMILES string of the molecule is C=CCC(N[S@+]([O-])C(C)(C)C)c1cc(Br)cs1. The topological polar surface area (TPSA) is 35.1 Å². The lowest BCUT2D eigenvalue weighted by Gasteiger charge is -2.27. The summed E-state index contributed by atoms with van der Waals surface area (Å²) in [5.74, 6) is 0. The molecule has 2 nitrogen and oxygen atoms in total. The number of nitrogens with one attached hydrogen (secondary N) is 1. The van der Waals surface area contributed by atoms with E-state index < -0.39 is 11.4 Å². The largest absolute Gasteiger partial charge is 0.598 e. The fraction of sp³-hybridized carbons (Fsp3) is 0.500. The number of thiophene rings is 1. The predicted molar refractivity (Wildman–Crippen MR) is 80.6 cm³/mol. The van der Waals surface area contributed by atoms with Crippen LogP contribution in [-0.2, 0) is 11.4 Å². The molecule has 5 heteroatoms. The summed E-state index contributed by atoms with van der Waals surface area (Å²) >= 11 is 4.03. The van der Waals surface area contributed by atoms with Gasteiger partial charge in [-0.2, -0.15) is 0 Å². The molecule has 1 heterocycles. The Labute approximate surface area is 119 Å². The van der Waals surface area contributed by atoms with Crippen molar-refractivity contribution in [3.05, 3.63) is 33.5 Å². The highest BCUT2D eigenvalue weighted by atomic mass is 79.9. The molecule has 0 saturated carbocycles. The summed E-state index contributed by atoms with van der Waals surface area (Å²) < 4.78 is 16.1. The van der Waals surface area contributed by atoms with Crippen LogP contribution in [0.4, 0.5) is 0 Å². The Balaban J connectivity index is 2.77. The summed E-state index contributed by atoms with van der Waals surface area (Å²) in [5, 5.41) is 2.03. The van der Waals surface area contributed by atoms with Crippen LogP contribution in [0.5, 0.6) is 0 Å². The number of hydrogen-bond donors (Lipinski definition) is 1. The third kappa shape index (κ3) is 4.75. The zero-order valence-corrected chi connectivity index (χ0v) is 13.5. The maximum absolute atomic E-state index is 12.1. The average Bonchev–Trinajstić information content (AvgIpc) is 2.62. The highest BCUT2D eigenvalue weighted by molar-refractivity contribution is 9.10. The van der Waals surface area contributed by atoms with Gasteiger partial charge in [-0.15, -0.1) is 22.6 Å². The second kappa shape index (κ2) is 6.38. The Hall–Kier alpha value is 0.190. The monoisotopic (exact) mass is 335 g/mol. The van der Waals surface area contributed by atoms with Crippen LogP contribution < -0.4 is 4.72 Å². The molecule has 0 aliphatic rings. The second-order valence-corrected chi connectivity index (χ2v) is 8.60. The lowest BCUT2D eigenvalue weighted by Crippen LogP contribution is -2.41. The van der Waals surface area contributed by atoms with Crippen LogP contribution in [0.1, 0.15) is 38.1 Å². The van der Waals surface area contributed by atoms with Gasteiger partial charge >= 0.3 is 0 Å². The fourth-order valence-corrected chi connectivity index (χ4v) is 3.63. The molecule has 1 aromatic heterocycles. The molecule has 0 radical (unpaired) electrons. The standard InChI is InChI=1S/C12H18BrNOS2/c1-5-6-10(11-7-9(13)8-16-11)14-17(15)12(2,3)4/h5,7-8,10,14H,1,6H2,2-4H3/t10?,17-/m1/s1. The van der Waals surface area contributed by atoms with E-state index in [2.05, 4.69) is 33.3 Å². The van der Waals surface area contributed by atoms with E-state index in [1.54, 1.807) is 11.3 Å². The number of halogens is 1. The van der Waals surface area contributed by atoms with Crippen LogP contribution in [0.15, 0.2) is 28.6 Å². The normalized spacial score (nSPS) is 15.6. The summed E-state index contributed by atoms with van der Waals surface area (Å²) in [6, 6.07) is 2.13.